The molecule has 1 aromatic carbocycles. The van der Waals surface area contributed by atoms with Crippen molar-refractivity contribution in [1.82, 2.24) is 10.6 Å². The van der Waals surface area contributed by atoms with E-state index in [2.05, 4.69) is 10.6 Å². The number of carbonyl (C=O) groups excluding carboxylic acids is 1. The van der Waals surface area contributed by atoms with Gasteiger partial charge in [-0.2, -0.15) is 0 Å². The van der Waals surface area contributed by atoms with E-state index in [1.165, 1.54) is 24.3 Å². The van der Waals surface area contributed by atoms with Gasteiger partial charge in [0.15, 0.2) is 0 Å². The Morgan fingerprint density at radius 3 is 2.71 bits per heavy atom. The number of amides is 1. The highest BCUT2D eigenvalue weighted by Crippen LogP contribution is 2.11. The predicted molar refractivity (Wildman–Crippen MR) is 78.7 cm³/mol. The summed E-state index contributed by atoms with van der Waals surface area (Å²) in [5.74, 6) is 0.182. The Balaban J connectivity index is 2.07. The molecule has 0 fully saturated rings. The number of halogens is 1. The first-order valence-corrected chi connectivity index (χ1v) is 7.15. The van der Waals surface area contributed by atoms with Crippen molar-refractivity contribution in [3.63, 3.8) is 0 Å². The molecule has 0 heterocycles. The molecule has 0 bridgehead atoms. The van der Waals surface area contributed by atoms with Crippen LogP contribution in [0.1, 0.15) is 19.8 Å². The van der Waals surface area contributed by atoms with Gasteiger partial charge >= 0.3 is 0 Å². The van der Waals surface area contributed by atoms with E-state index in [0.29, 0.717) is 31.8 Å². The molecule has 0 saturated heterocycles. The van der Waals surface area contributed by atoms with Crippen LogP contribution < -0.4 is 15.4 Å². The van der Waals surface area contributed by atoms with Crippen molar-refractivity contribution in [2.75, 3.05) is 26.2 Å². The lowest BCUT2D eigenvalue weighted by Crippen LogP contribution is -2.34. The predicted octanol–water partition coefficient (Wildman–Crippen LogP) is 1.07. The van der Waals surface area contributed by atoms with Crippen molar-refractivity contribution in [3.8, 4) is 5.75 Å². The van der Waals surface area contributed by atoms with Crippen molar-refractivity contribution >= 4 is 5.91 Å². The number of hydrogen-bond acceptors (Lipinski definition) is 4. The van der Waals surface area contributed by atoms with Crippen LogP contribution in [0, 0.1) is 5.82 Å². The number of benzene rings is 1. The molecule has 0 aliphatic heterocycles. The monoisotopic (exact) mass is 298 g/mol. The zero-order valence-electron chi connectivity index (χ0n) is 12.3. The van der Waals surface area contributed by atoms with E-state index in [1.54, 1.807) is 0 Å². The second-order valence-electron chi connectivity index (χ2n) is 4.72. The van der Waals surface area contributed by atoms with Crippen LogP contribution in [0.3, 0.4) is 0 Å². The highest BCUT2D eigenvalue weighted by atomic mass is 19.1. The van der Waals surface area contributed by atoms with Crippen molar-refractivity contribution < 1.29 is 19.0 Å². The lowest BCUT2D eigenvalue weighted by Gasteiger charge is -2.13. The second kappa shape index (κ2) is 10.1. The molecule has 118 valence electrons. The van der Waals surface area contributed by atoms with Gasteiger partial charge in [-0.25, -0.2) is 4.39 Å². The SMILES string of the molecule is CCCNC(=O)CCNCC(O)COc1ccc(F)cc1. The summed E-state index contributed by atoms with van der Waals surface area (Å²) in [6.07, 6.45) is 0.609. The summed E-state index contributed by atoms with van der Waals surface area (Å²) in [5, 5.41) is 15.5. The van der Waals surface area contributed by atoms with Crippen LogP contribution in [0.25, 0.3) is 0 Å². The highest BCUT2D eigenvalue weighted by molar-refractivity contribution is 5.75. The number of ether oxygens (including phenoxy) is 1. The summed E-state index contributed by atoms with van der Waals surface area (Å²) < 4.78 is 18.0. The van der Waals surface area contributed by atoms with Crippen LogP contribution in [0.2, 0.25) is 0 Å². The summed E-state index contributed by atoms with van der Waals surface area (Å²) in [5.41, 5.74) is 0. The number of hydrogen-bond donors (Lipinski definition) is 3. The number of rotatable bonds is 10. The standard InChI is InChI=1S/C15H23FN2O3/c1-2-8-18-15(20)7-9-17-10-13(19)11-21-14-5-3-12(16)4-6-14/h3-6,13,17,19H,2,7-11H2,1H3,(H,18,20). The van der Waals surface area contributed by atoms with Crippen LogP contribution in [-0.2, 0) is 4.79 Å². The molecule has 0 spiro atoms. The summed E-state index contributed by atoms with van der Waals surface area (Å²) in [4.78, 5) is 11.3. The number of carbonyl (C=O) groups is 1. The van der Waals surface area contributed by atoms with Crippen LogP contribution in [0.5, 0.6) is 5.75 Å². The van der Waals surface area contributed by atoms with Gasteiger partial charge in [0.2, 0.25) is 5.91 Å². The zero-order valence-corrected chi connectivity index (χ0v) is 12.3. The molecule has 0 aromatic heterocycles. The molecule has 1 aromatic rings. The average Bonchev–Trinajstić information content (AvgIpc) is 2.49. The molecule has 21 heavy (non-hydrogen) atoms. The average molecular weight is 298 g/mol. The Bertz CT molecular complexity index is 412. The van der Waals surface area contributed by atoms with Gasteiger partial charge in [0.25, 0.3) is 0 Å². The summed E-state index contributed by atoms with van der Waals surface area (Å²) >= 11 is 0. The van der Waals surface area contributed by atoms with Gasteiger partial charge in [-0.05, 0) is 30.7 Å². The highest BCUT2D eigenvalue weighted by Gasteiger charge is 2.06. The van der Waals surface area contributed by atoms with Crippen molar-refractivity contribution in [2.24, 2.45) is 0 Å². The van der Waals surface area contributed by atoms with E-state index in [1.807, 2.05) is 6.92 Å². The lowest BCUT2D eigenvalue weighted by molar-refractivity contribution is -0.121. The summed E-state index contributed by atoms with van der Waals surface area (Å²) in [6.45, 7) is 3.63. The molecule has 3 N–H and O–H groups in total. The second-order valence-corrected chi connectivity index (χ2v) is 4.72. The molecular formula is C15H23FN2O3. The first kappa shape index (κ1) is 17.4. The van der Waals surface area contributed by atoms with Crippen molar-refractivity contribution in [3.05, 3.63) is 30.1 Å². The molecule has 1 amide bonds. The molecule has 1 rings (SSSR count). The van der Waals surface area contributed by atoms with E-state index in [9.17, 15) is 14.3 Å². The van der Waals surface area contributed by atoms with E-state index in [0.717, 1.165) is 6.42 Å². The number of nitrogens with one attached hydrogen (secondary N) is 2. The first-order chi connectivity index (χ1) is 10.1. The van der Waals surface area contributed by atoms with Crippen LogP contribution in [-0.4, -0.2) is 43.4 Å². The molecule has 0 radical (unpaired) electrons. The van der Waals surface area contributed by atoms with E-state index >= 15 is 0 Å². The Hall–Kier alpha value is -1.66. The maximum Gasteiger partial charge on any atom is 0.221 e. The normalized spacial score (nSPS) is 12.0. The van der Waals surface area contributed by atoms with Gasteiger partial charge < -0.3 is 20.5 Å². The Kier molecular flexibility index (Phi) is 8.38. The van der Waals surface area contributed by atoms with Gasteiger partial charge in [-0.3, -0.25) is 4.79 Å². The third-order valence-electron chi connectivity index (χ3n) is 2.74. The molecule has 5 nitrogen and oxygen atoms in total. The summed E-state index contributed by atoms with van der Waals surface area (Å²) in [7, 11) is 0. The maximum atomic E-state index is 12.7. The Morgan fingerprint density at radius 2 is 2.05 bits per heavy atom. The van der Waals surface area contributed by atoms with Crippen molar-refractivity contribution in [2.45, 2.75) is 25.9 Å². The first-order valence-electron chi connectivity index (χ1n) is 7.15. The summed E-state index contributed by atoms with van der Waals surface area (Å²) in [6, 6.07) is 5.62. The minimum atomic E-state index is -0.686. The molecule has 1 unspecified atom stereocenters. The smallest absolute Gasteiger partial charge is 0.221 e. The third kappa shape index (κ3) is 8.27. The minimum Gasteiger partial charge on any atom is -0.491 e. The van der Waals surface area contributed by atoms with Gasteiger partial charge in [0.1, 0.15) is 24.3 Å². The number of aliphatic hydroxyl groups excluding tert-OH is 1. The van der Waals surface area contributed by atoms with Crippen LogP contribution >= 0.6 is 0 Å². The largest absolute Gasteiger partial charge is 0.491 e. The molecule has 0 aliphatic rings. The van der Waals surface area contributed by atoms with Crippen LogP contribution in [0.15, 0.2) is 24.3 Å². The third-order valence-corrected chi connectivity index (χ3v) is 2.74. The molecule has 1 atom stereocenters. The fraction of sp³-hybridized carbons (Fsp3) is 0.533. The van der Waals surface area contributed by atoms with Gasteiger partial charge in [0, 0.05) is 26.1 Å². The fourth-order valence-corrected chi connectivity index (χ4v) is 1.61. The number of aliphatic hydroxyl groups is 1. The van der Waals surface area contributed by atoms with E-state index < -0.39 is 6.10 Å². The quantitative estimate of drug-likeness (QED) is 0.565. The van der Waals surface area contributed by atoms with E-state index in [4.69, 9.17) is 4.74 Å². The van der Waals surface area contributed by atoms with Gasteiger partial charge in [-0.15, -0.1) is 0 Å². The lowest BCUT2D eigenvalue weighted by atomic mass is 10.3. The van der Waals surface area contributed by atoms with Gasteiger partial charge in [0.05, 0.1) is 0 Å². The topological polar surface area (TPSA) is 70.6 Å². The molecule has 0 saturated carbocycles. The van der Waals surface area contributed by atoms with Crippen molar-refractivity contribution in [1.29, 1.82) is 0 Å². The fourth-order valence-electron chi connectivity index (χ4n) is 1.61. The maximum absolute atomic E-state index is 12.7. The zero-order chi connectivity index (χ0) is 15.5. The molecular weight excluding hydrogens is 275 g/mol. The molecule has 6 heteroatoms. The Morgan fingerprint density at radius 1 is 1.33 bits per heavy atom. The Labute approximate surface area is 124 Å². The van der Waals surface area contributed by atoms with Gasteiger partial charge in [-0.1, -0.05) is 6.92 Å². The van der Waals surface area contributed by atoms with Crippen LogP contribution in [0.4, 0.5) is 4.39 Å². The minimum absolute atomic E-state index is 0.00130. The molecule has 0 aliphatic carbocycles. The van der Waals surface area contributed by atoms with E-state index in [-0.39, 0.29) is 18.3 Å².